The molecule has 3 aromatic carbocycles. The fourth-order valence-corrected chi connectivity index (χ4v) is 4.33. The summed E-state index contributed by atoms with van der Waals surface area (Å²) in [6, 6.07) is 19.2. The summed E-state index contributed by atoms with van der Waals surface area (Å²) in [4.78, 5) is 12.5. The Labute approximate surface area is 186 Å². The monoisotopic (exact) mass is 456 g/mol. The van der Waals surface area contributed by atoms with Crippen molar-refractivity contribution in [1.29, 1.82) is 0 Å². The maximum Gasteiger partial charge on any atom is 0.255 e. The molecule has 3 aromatic rings. The Morgan fingerprint density at radius 3 is 2.22 bits per heavy atom. The van der Waals surface area contributed by atoms with E-state index in [2.05, 4.69) is 10.0 Å². The molecule has 0 saturated carbocycles. The van der Waals surface area contributed by atoms with Gasteiger partial charge in [0.15, 0.2) is 0 Å². The summed E-state index contributed by atoms with van der Waals surface area (Å²) in [5, 5.41) is 23.3. The Bertz CT molecular complexity index is 1150. The number of aliphatic hydroxyl groups is 1. The topological polar surface area (TPSA) is 125 Å². The minimum atomic E-state index is -4.02. The molecule has 2 atom stereocenters. The van der Waals surface area contributed by atoms with Crippen LogP contribution in [0.5, 0.6) is 11.5 Å². The molecule has 0 aliphatic heterocycles. The van der Waals surface area contributed by atoms with Crippen molar-refractivity contribution in [3.8, 4) is 11.5 Å². The molecular weight excluding hydrogens is 432 g/mol. The second-order valence-electron chi connectivity index (χ2n) is 6.99. The molecule has 32 heavy (non-hydrogen) atoms. The zero-order valence-electron chi connectivity index (χ0n) is 17.3. The predicted molar refractivity (Wildman–Crippen MR) is 119 cm³/mol. The molecule has 2 unspecified atom stereocenters. The van der Waals surface area contributed by atoms with Gasteiger partial charge in [-0.2, -0.15) is 0 Å². The Balaban J connectivity index is 1.83. The Morgan fingerprint density at radius 1 is 0.969 bits per heavy atom. The first kappa shape index (κ1) is 23.3. The zero-order chi connectivity index (χ0) is 23.1. The first-order valence-corrected chi connectivity index (χ1v) is 11.3. The molecular formula is C23H24N2O6S. The normalized spacial score (nSPS) is 13.2. The SMILES string of the molecule is COc1ccc(S(=O)(=O)NC(CNC(=O)c2ccccc2O)C(O)c2ccccc2)cc1. The van der Waals surface area contributed by atoms with Crippen molar-refractivity contribution in [2.45, 2.75) is 17.0 Å². The van der Waals surface area contributed by atoms with Gasteiger partial charge in [-0.25, -0.2) is 13.1 Å². The third-order valence-corrected chi connectivity index (χ3v) is 6.34. The van der Waals surface area contributed by atoms with Gasteiger partial charge in [-0.3, -0.25) is 4.79 Å². The van der Waals surface area contributed by atoms with Gasteiger partial charge in [-0.05, 0) is 42.0 Å². The van der Waals surface area contributed by atoms with Crippen molar-refractivity contribution in [2.75, 3.05) is 13.7 Å². The third-order valence-electron chi connectivity index (χ3n) is 4.83. The molecule has 9 heteroatoms. The van der Waals surface area contributed by atoms with Crippen molar-refractivity contribution in [2.24, 2.45) is 0 Å². The largest absolute Gasteiger partial charge is 0.507 e. The van der Waals surface area contributed by atoms with E-state index in [4.69, 9.17) is 4.74 Å². The first-order valence-electron chi connectivity index (χ1n) is 9.77. The number of nitrogens with one attached hydrogen (secondary N) is 2. The highest BCUT2D eigenvalue weighted by Crippen LogP contribution is 2.21. The standard InChI is InChI=1S/C23H24N2O6S/c1-31-17-11-13-18(14-12-17)32(29,30)25-20(22(27)16-7-3-2-4-8-16)15-24-23(28)19-9-5-6-10-21(19)26/h2-14,20,22,25-27H,15H2,1H3,(H,24,28). The number of aromatic hydroxyl groups is 1. The van der Waals surface area contributed by atoms with Gasteiger partial charge in [0.1, 0.15) is 11.5 Å². The van der Waals surface area contributed by atoms with Gasteiger partial charge in [0.25, 0.3) is 5.91 Å². The van der Waals surface area contributed by atoms with Crippen molar-refractivity contribution in [1.82, 2.24) is 10.0 Å². The second-order valence-corrected chi connectivity index (χ2v) is 8.70. The summed E-state index contributed by atoms with van der Waals surface area (Å²) in [6.45, 7) is -0.224. The number of rotatable bonds is 9. The molecule has 0 saturated heterocycles. The van der Waals surface area contributed by atoms with Crippen LogP contribution in [-0.2, 0) is 10.0 Å². The maximum atomic E-state index is 12.9. The van der Waals surface area contributed by atoms with Crippen LogP contribution in [0.4, 0.5) is 0 Å². The van der Waals surface area contributed by atoms with Crippen LogP contribution in [0, 0.1) is 0 Å². The Kier molecular flexibility index (Phi) is 7.47. The van der Waals surface area contributed by atoms with E-state index < -0.39 is 28.1 Å². The van der Waals surface area contributed by atoms with Crippen LogP contribution >= 0.6 is 0 Å². The van der Waals surface area contributed by atoms with E-state index >= 15 is 0 Å². The molecule has 3 rings (SSSR count). The van der Waals surface area contributed by atoms with Crippen molar-refractivity contribution >= 4 is 15.9 Å². The minimum absolute atomic E-state index is 0.0180. The van der Waals surface area contributed by atoms with E-state index in [0.717, 1.165) is 0 Å². The number of aliphatic hydroxyl groups excluding tert-OH is 1. The molecule has 1 amide bonds. The van der Waals surface area contributed by atoms with Crippen LogP contribution in [0.3, 0.4) is 0 Å². The fourth-order valence-electron chi connectivity index (χ4n) is 3.09. The molecule has 8 nitrogen and oxygen atoms in total. The minimum Gasteiger partial charge on any atom is -0.507 e. The number of amides is 1. The summed E-state index contributed by atoms with van der Waals surface area (Å²) in [7, 11) is -2.55. The van der Waals surface area contributed by atoms with Gasteiger partial charge in [0, 0.05) is 6.54 Å². The fraction of sp³-hybridized carbons (Fsp3) is 0.174. The summed E-state index contributed by atoms with van der Waals surface area (Å²) >= 11 is 0. The number of phenolic OH excluding ortho intramolecular Hbond substituents is 1. The molecule has 0 aliphatic rings. The molecule has 4 N–H and O–H groups in total. The number of para-hydroxylation sites is 1. The molecule has 168 valence electrons. The Morgan fingerprint density at radius 2 is 1.59 bits per heavy atom. The smallest absolute Gasteiger partial charge is 0.255 e. The van der Waals surface area contributed by atoms with Gasteiger partial charge >= 0.3 is 0 Å². The quantitative estimate of drug-likeness (QED) is 0.391. The van der Waals surface area contributed by atoms with E-state index in [1.165, 1.54) is 43.5 Å². The van der Waals surface area contributed by atoms with Gasteiger partial charge in [-0.15, -0.1) is 0 Å². The molecule has 0 aliphatic carbocycles. The molecule has 0 fully saturated rings. The van der Waals surface area contributed by atoms with Crippen LogP contribution in [0.25, 0.3) is 0 Å². The van der Waals surface area contributed by atoms with E-state index in [1.54, 1.807) is 42.5 Å². The molecule has 0 heterocycles. The summed E-state index contributed by atoms with van der Waals surface area (Å²) in [6.07, 6.45) is -1.24. The lowest BCUT2D eigenvalue weighted by Crippen LogP contribution is -2.47. The summed E-state index contributed by atoms with van der Waals surface area (Å²) < 4.78 is 33.4. The number of sulfonamides is 1. The van der Waals surface area contributed by atoms with E-state index in [1.807, 2.05) is 0 Å². The average molecular weight is 457 g/mol. The lowest BCUT2D eigenvalue weighted by atomic mass is 10.0. The second kappa shape index (κ2) is 10.3. The molecule has 0 bridgehead atoms. The molecule has 0 radical (unpaired) electrons. The summed E-state index contributed by atoms with van der Waals surface area (Å²) in [5.74, 6) is -0.305. The highest BCUT2D eigenvalue weighted by Gasteiger charge is 2.28. The van der Waals surface area contributed by atoms with Crippen molar-refractivity contribution in [3.63, 3.8) is 0 Å². The highest BCUT2D eigenvalue weighted by molar-refractivity contribution is 7.89. The number of hydrogen-bond donors (Lipinski definition) is 4. The highest BCUT2D eigenvalue weighted by atomic mass is 32.2. The number of benzene rings is 3. The maximum absolute atomic E-state index is 12.9. The van der Waals surface area contributed by atoms with E-state index in [9.17, 15) is 23.4 Å². The Hall–Kier alpha value is -3.40. The number of carbonyl (C=O) groups excluding carboxylic acids is 1. The number of hydrogen-bond acceptors (Lipinski definition) is 6. The molecule has 0 aromatic heterocycles. The number of carbonyl (C=O) groups is 1. The first-order chi connectivity index (χ1) is 15.3. The van der Waals surface area contributed by atoms with Crippen LogP contribution in [0.2, 0.25) is 0 Å². The lowest BCUT2D eigenvalue weighted by Gasteiger charge is -2.25. The number of ether oxygens (including phenoxy) is 1. The van der Waals surface area contributed by atoms with E-state index in [-0.39, 0.29) is 22.8 Å². The van der Waals surface area contributed by atoms with Crippen LogP contribution in [-0.4, -0.2) is 44.2 Å². The van der Waals surface area contributed by atoms with Crippen molar-refractivity contribution < 1.29 is 28.2 Å². The van der Waals surface area contributed by atoms with Crippen LogP contribution < -0.4 is 14.8 Å². The van der Waals surface area contributed by atoms with Gasteiger partial charge in [0.05, 0.1) is 29.7 Å². The third kappa shape index (κ3) is 5.64. The van der Waals surface area contributed by atoms with Crippen molar-refractivity contribution in [3.05, 3.63) is 90.0 Å². The van der Waals surface area contributed by atoms with Gasteiger partial charge < -0.3 is 20.3 Å². The predicted octanol–water partition coefficient (Wildman–Crippen LogP) is 2.21. The average Bonchev–Trinajstić information content (AvgIpc) is 2.82. The lowest BCUT2D eigenvalue weighted by molar-refractivity contribution is 0.0923. The zero-order valence-corrected chi connectivity index (χ0v) is 18.1. The van der Waals surface area contributed by atoms with E-state index in [0.29, 0.717) is 11.3 Å². The van der Waals surface area contributed by atoms with Crippen LogP contribution in [0.1, 0.15) is 22.0 Å². The number of methoxy groups -OCH3 is 1. The van der Waals surface area contributed by atoms with Crippen LogP contribution in [0.15, 0.2) is 83.8 Å². The number of phenols is 1. The summed E-state index contributed by atoms with van der Waals surface area (Å²) in [5.41, 5.74) is 0.519. The molecule has 0 spiro atoms. The van der Waals surface area contributed by atoms with Gasteiger partial charge in [-0.1, -0.05) is 42.5 Å². The van der Waals surface area contributed by atoms with Gasteiger partial charge in [0.2, 0.25) is 10.0 Å².